The van der Waals surface area contributed by atoms with Gasteiger partial charge in [-0.2, -0.15) is 5.10 Å². The third-order valence-corrected chi connectivity index (χ3v) is 3.01. The Bertz CT molecular complexity index is 617. The lowest BCUT2D eigenvalue weighted by molar-refractivity contribution is 0.373. The quantitative estimate of drug-likeness (QED) is 0.879. The predicted molar refractivity (Wildman–Crippen MR) is 74.8 cm³/mol. The number of phenols is 1. The number of hydrogen-bond donors (Lipinski definition) is 1. The smallest absolute Gasteiger partial charge is 0.166 e. The number of nitrogens with zero attached hydrogens (tertiary/aromatic N) is 4. The fourth-order valence-corrected chi connectivity index (χ4v) is 2.05. The fraction of sp³-hybridized carbons (Fsp3) is 0.250. The first-order valence-corrected chi connectivity index (χ1v) is 6.31. The normalized spacial score (nSPS) is 11.2. The minimum absolute atomic E-state index is 0.0397. The van der Waals surface area contributed by atoms with Crippen LogP contribution in [0.3, 0.4) is 0 Å². The Hall–Kier alpha value is -1.89. The average Bonchev–Trinajstić information content (AvgIpc) is 2.70. The molecule has 0 aliphatic rings. The van der Waals surface area contributed by atoms with Gasteiger partial charge in [0.15, 0.2) is 23.1 Å². The van der Waals surface area contributed by atoms with E-state index in [9.17, 15) is 5.11 Å². The third kappa shape index (κ3) is 2.76. The molecule has 1 heterocycles. The topological polar surface area (TPSA) is 72.5 Å². The summed E-state index contributed by atoms with van der Waals surface area (Å²) in [4.78, 5) is 0. The summed E-state index contributed by atoms with van der Waals surface area (Å²) < 4.78 is 7.46. The number of hydrogen-bond acceptors (Lipinski definition) is 5. The number of phenolic OH excluding ortho intramolecular Hbond substituents is 1. The van der Waals surface area contributed by atoms with Crippen molar-refractivity contribution in [3.8, 4) is 11.5 Å². The highest BCUT2D eigenvalue weighted by Gasteiger charge is 2.09. The SMILES string of the molecule is COc1cc(Br)cc(C=Nn2c(C)nnc2C)c1O. The molecule has 1 N–H and O–H groups in total. The second-order valence-corrected chi connectivity index (χ2v) is 4.81. The number of rotatable bonds is 3. The van der Waals surface area contributed by atoms with Crippen LogP contribution >= 0.6 is 15.9 Å². The van der Waals surface area contributed by atoms with Crippen molar-refractivity contribution in [1.82, 2.24) is 14.9 Å². The van der Waals surface area contributed by atoms with Gasteiger partial charge in [-0.15, -0.1) is 10.2 Å². The van der Waals surface area contributed by atoms with Gasteiger partial charge in [-0.1, -0.05) is 15.9 Å². The molecule has 0 bridgehead atoms. The molecule has 0 aliphatic carbocycles. The maximum absolute atomic E-state index is 10.0. The third-order valence-electron chi connectivity index (χ3n) is 2.55. The number of benzene rings is 1. The molecule has 0 aliphatic heterocycles. The van der Waals surface area contributed by atoms with E-state index in [1.807, 2.05) is 0 Å². The van der Waals surface area contributed by atoms with Crippen molar-refractivity contribution in [1.29, 1.82) is 0 Å². The highest BCUT2D eigenvalue weighted by molar-refractivity contribution is 9.10. The second kappa shape index (κ2) is 5.40. The van der Waals surface area contributed by atoms with E-state index < -0.39 is 0 Å². The monoisotopic (exact) mass is 324 g/mol. The van der Waals surface area contributed by atoms with Crippen molar-refractivity contribution in [2.45, 2.75) is 13.8 Å². The van der Waals surface area contributed by atoms with Gasteiger partial charge in [0.25, 0.3) is 0 Å². The highest BCUT2D eigenvalue weighted by atomic mass is 79.9. The molecule has 1 aromatic carbocycles. The van der Waals surface area contributed by atoms with Gasteiger partial charge in [0, 0.05) is 10.0 Å². The van der Waals surface area contributed by atoms with E-state index >= 15 is 0 Å². The molecule has 100 valence electrons. The van der Waals surface area contributed by atoms with Crippen LogP contribution in [-0.2, 0) is 0 Å². The molecule has 2 rings (SSSR count). The first kappa shape index (κ1) is 13.5. The number of halogens is 1. The molecule has 1 aromatic heterocycles. The molecule has 0 saturated carbocycles. The molecular weight excluding hydrogens is 312 g/mol. The van der Waals surface area contributed by atoms with Crippen LogP contribution in [0.2, 0.25) is 0 Å². The largest absolute Gasteiger partial charge is 0.504 e. The van der Waals surface area contributed by atoms with Crippen LogP contribution in [0.15, 0.2) is 21.7 Å². The van der Waals surface area contributed by atoms with Gasteiger partial charge in [-0.25, -0.2) is 4.68 Å². The number of aromatic nitrogens is 3. The molecule has 0 atom stereocenters. The van der Waals surface area contributed by atoms with Gasteiger partial charge in [-0.05, 0) is 26.0 Å². The second-order valence-electron chi connectivity index (χ2n) is 3.90. The Balaban J connectivity index is 2.41. The summed E-state index contributed by atoms with van der Waals surface area (Å²) in [5.74, 6) is 1.77. The van der Waals surface area contributed by atoms with Gasteiger partial charge in [0.05, 0.1) is 13.3 Å². The predicted octanol–water partition coefficient (Wildman–Crippen LogP) is 2.25. The lowest BCUT2D eigenvalue weighted by atomic mass is 10.2. The van der Waals surface area contributed by atoms with Crippen LogP contribution in [0.1, 0.15) is 17.2 Å². The van der Waals surface area contributed by atoms with Gasteiger partial charge in [0.1, 0.15) is 0 Å². The minimum atomic E-state index is 0.0397. The molecule has 7 heteroatoms. The van der Waals surface area contributed by atoms with E-state index in [4.69, 9.17) is 4.74 Å². The van der Waals surface area contributed by atoms with Crippen molar-refractivity contribution < 1.29 is 9.84 Å². The summed E-state index contributed by atoms with van der Waals surface area (Å²) in [5.41, 5.74) is 0.540. The van der Waals surface area contributed by atoms with Crippen LogP contribution in [0.5, 0.6) is 11.5 Å². The van der Waals surface area contributed by atoms with Crippen LogP contribution in [0, 0.1) is 13.8 Å². The minimum Gasteiger partial charge on any atom is -0.504 e. The van der Waals surface area contributed by atoms with Gasteiger partial charge >= 0.3 is 0 Å². The maximum Gasteiger partial charge on any atom is 0.166 e. The molecule has 19 heavy (non-hydrogen) atoms. The number of ether oxygens (including phenoxy) is 1. The van der Waals surface area contributed by atoms with Gasteiger partial charge in [-0.3, -0.25) is 0 Å². The molecule has 6 nitrogen and oxygen atoms in total. The van der Waals surface area contributed by atoms with Crippen molar-refractivity contribution in [3.05, 3.63) is 33.8 Å². The summed E-state index contributed by atoms with van der Waals surface area (Å²) in [6.45, 7) is 3.61. The van der Waals surface area contributed by atoms with Crippen LogP contribution < -0.4 is 4.74 Å². The van der Waals surface area contributed by atoms with E-state index in [0.717, 1.165) is 4.47 Å². The van der Waals surface area contributed by atoms with Crippen LogP contribution in [0.25, 0.3) is 0 Å². The standard InChI is InChI=1S/C12H13BrN4O2/c1-7-15-16-8(2)17(7)14-6-9-4-10(13)5-11(19-3)12(9)18/h4-6,18H,1-3H3. The average molecular weight is 325 g/mol. The number of methoxy groups -OCH3 is 1. The summed E-state index contributed by atoms with van der Waals surface area (Å²) in [6.07, 6.45) is 1.53. The maximum atomic E-state index is 10.0. The fourth-order valence-electron chi connectivity index (χ4n) is 1.60. The Morgan fingerprint density at radius 1 is 1.32 bits per heavy atom. The molecule has 0 fully saturated rings. The van der Waals surface area contributed by atoms with Crippen LogP contribution in [0.4, 0.5) is 0 Å². The van der Waals surface area contributed by atoms with E-state index in [1.165, 1.54) is 13.3 Å². The van der Waals surface area contributed by atoms with E-state index in [-0.39, 0.29) is 5.75 Å². The van der Waals surface area contributed by atoms with Crippen molar-refractivity contribution in [2.24, 2.45) is 5.10 Å². The first-order chi connectivity index (χ1) is 9.02. The molecule has 0 spiro atoms. The Labute approximate surface area is 118 Å². The lowest BCUT2D eigenvalue weighted by Gasteiger charge is -2.06. The van der Waals surface area contributed by atoms with Gasteiger partial charge < -0.3 is 9.84 Å². The number of aromatic hydroxyl groups is 1. The first-order valence-electron chi connectivity index (χ1n) is 5.52. The van der Waals surface area contributed by atoms with E-state index in [0.29, 0.717) is 23.0 Å². The Kier molecular flexibility index (Phi) is 3.84. The molecule has 2 aromatic rings. The van der Waals surface area contributed by atoms with Crippen molar-refractivity contribution >= 4 is 22.1 Å². The highest BCUT2D eigenvalue weighted by Crippen LogP contribution is 2.32. The molecular formula is C12H13BrN4O2. The summed E-state index contributed by atoms with van der Waals surface area (Å²) in [5, 5.41) is 22.1. The van der Waals surface area contributed by atoms with Crippen molar-refractivity contribution in [2.75, 3.05) is 7.11 Å². The summed E-state index contributed by atoms with van der Waals surface area (Å²) >= 11 is 3.35. The lowest BCUT2D eigenvalue weighted by Crippen LogP contribution is -1.97. The summed E-state index contributed by atoms with van der Waals surface area (Å²) in [7, 11) is 1.50. The van der Waals surface area contributed by atoms with Gasteiger partial charge in [0.2, 0.25) is 0 Å². The molecule has 0 radical (unpaired) electrons. The van der Waals surface area contributed by atoms with E-state index in [2.05, 4.69) is 31.2 Å². The Morgan fingerprint density at radius 2 is 1.95 bits per heavy atom. The summed E-state index contributed by atoms with van der Waals surface area (Å²) in [6, 6.07) is 3.43. The Morgan fingerprint density at radius 3 is 2.53 bits per heavy atom. The molecule has 0 amide bonds. The number of aryl methyl sites for hydroxylation is 2. The zero-order valence-electron chi connectivity index (χ0n) is 10.8. The zero-order chi connectivity index (χ0) is 14.0. The van der Waals surface area contributed by atoms with Crippen LogP contribution in [-0.4, -0.2) is 33.3 Å². The van der Waals surface area contributed by atoms with E-state index in [1.54, 1.807) is 30.7 Å². The van der Waals surface area contributed by atoms with Crippen molar-refractivity contribution in [3.63, 3.8) is 0 Å². The molecule has 0 unspecified atom stereocenters. The molecule has 0 saturated heterocycles. The zero-order valence-corrected chi connectivity index (χ0v) is 12.3.